The average Bonchev–Trinajstić information content (AvgIpc) is 2.27. The standard InChI is InChI=1S/C13H28N2O2S/c1-5-6-13(7-9-14-10-8-13)11-15-18(16,17)12(2,3)4/h14-15H,5-11H2,1-4H3. The fourth-order valence-corrected chi connectivity index (χ4v) is 3.40. The third-order valence-electron chi connectivity index (χ3n) is 3.89. The fourth-order valence-electron chi connectivity index (χ4n) is 2.47. The molecule has 1 fully saturated rings. The van der Waals surface area contributed by atoms with Gasteiger partial charge in [-0.3, -0.25) is 0 Å². The van der Waals surface area contributed by atoms with Crippen LogP contribution in [0.5, 0.6) is 0 Å². The van der Waals surface area contributed by atoms with E-state index in [4.69, 9.17) is 0 Å². The predicted molar refractivity (Wildman–Crippen MR) is 76.1 cm³/mol. The summed E-state index contributed by atoms with van der Waals surface area (Å²) in [6.07, 6.45) is 4.33. The Morgan fingerprint density at radius 2 is 1.78 bits per heavy atom. The first kappa shape index (κ1) is 15.9. The molecule has 18 heavy (non-hydrogen) atoms. The van der Waals surface area contributed by atoms with Crippen LogP contribution in [0.1, 0.15) is 53.4 Å². The molecule has 1 aliphatic heterocycles. The largest absolute Gasteiger partial charge is 0.317 e. The summed E-state index contributed by atoms with van der Waals surface area (Å²) >= 11 is 0. The third kappa shape index (κ3) is 3.93. The van der Waals surface area contributed by atoms with Crippen LogP contribution in [-0.4, -0.2) is 32.8 Å². The van der Waals surface area contributed by atoms with Crippen molar-refractivity contribution in [2.75, 3.05) is 19.6 Å². The van der Waals surface area contributed by atoms with E-state index in [2.05, 4.69) is 17.0 Å². The number of hydrogen-bond donors (Lipinski definition) is 2. The van der Waals surface area contributed by atoms with Crippen LogP contribution >= 0.6 is 0 Å². The van der Waals surface area contributed by atoms with Crippen LogP contribution in [0.4, 0.5) is 0 Å². The highest BCUT2D eigenvalue weighted by Crippen LogP contribution is 2.33. The predicted octanol–water partition coefficient (Wildman–Crippen LogP) is 1.87. The maximum absolute atomic E-state index is 12.1. The number of rotatable bonds is 5. The first-order valence-electron chi connectivity index (χ1n) is 6.92. The van der Waals surface area contributed by atoms with Crippen LogP contribution < -0.4 is 10.0 Å². The second-order valence-electron chi connectivity index (χ2n) is 6.44. The Morgan fingerprint density at radius 1 is 1.22 bits per heavy atom. The Labute approximate surface area is 112 Å². The summed E-state index contributed by atoms with van der Waals surface area (Å²) in [6, 6.07) is 0. The van der Waals surface area contributed by atoms with Crippen LogP contribution in [0.2, 0.25) is 0 Å². The molecule has 0 saturated carbocycles. The maximum Gasteiger partial charge on any atom is 0.216 e. The van der Waals surface area contributed by atoms with E-state index in [0.29, 0.717) is 6.54 Å². The van der Waals surface area contributed by atoms with E-state index in [1.54, 1.807) is 20.8 Å². The zero-order valence-corrected chi connectivity index (χ0v) is 13.0. The highest BCUT2D eigenvalue weighted by Gasteiger charge is 2.35. The molecule has 0 aromatic heterocycles. The van der Waals surface area contributed by atoms with E-state index in [1.165, 1.54) is 0 Å². The Morgan fingerprint density at radius 3 is 2.22 bits per heavy atom. The second kappa shape index (κ2) is 5.88. The number of nitrogens with one attached hydrogen (secondary N) is 2. The molecule has 0 radical (unpaired) electrons. The molecular formula is C13H28N2O2S. The average molecular weight is 276 g/mol. The number of hydrogen-bond acceptors (Lipinski definition) is 3. The van der Waals surface area contributed by atoms with Gasteiger partial charge in [0.2, 0.25) is 10.0 Å². The number of piperidine rings is 1. The molecule has 4 nitrogen and oxygen atoms in total. The molecule has 2 N–H and O–H groups in total. The Kier molecular flexibility index (Phi) is 5.21. The highest BCUT2D eigenvalue weighted by molar-refractivity contribution is 7.90. The van der Waals surface area contributed by atoms with Crippen LogP contribution in [0, 0.1) is 5.41 Å². The van der Waals surface area contributed by atoms with Gasteiger partial charge in [0.1, 0.15) is 0 Å². The molecule has 0 aromatic rings. The molecule has 1 aliphatic rings. The van der Waals surface area contributed by atoms with E-state index >= 15 is 0 Å². The topological polar surface area (TPSA) is 58.2 Å². The molecule has 0 aliphatic carbocycles. The van der Waals surface area contributed by atoms with Crippen LogP contribution in [0.25, 0.3) is 0 Å². The van der Waals surface area contributed by atoms with E-state index in [9.17, 15) is 8.42 Å². The van der Waals surface area contributed by atoms with Gasteiger partial charge in [0, 0.05) is 6.54 Å². The molecule has 0 bridgehead atoms. The molecule has 0 atom stereocenters. The SMILES string of the molecule is CCCC1(CNS(=O)(=O)C(C)(C)C)CCNCC1. The lowest BCUT2D eigenvalue weighted by molar-refractivity contribution is 0.186. The zero-order chi connectivity index (χ0) is 13.9. The monoisotopic (exact) mass is 276 g/mol. The van der Waals surface area contributed by atoms with E-state index in [0.717, 1.165) is 38.8 Å². The Balaban J connectivity index is 2.68. The molecule has 1 heterocycles. The van der Waals surface area contributed by atoms with Gasteiger partial charge in [0.15, 0.2) is 0 Å². The van der Waals surface area contributed by atoms with Crippen molar-refractivity contribution >= 4 is 10.0 Å². The van der Waals surface area contributed by atoms with Gasteiger partial charge in [0.25, 0.3) is 0 Å². The minimum Gasteiger partial charge on any atom is -0.317 e. The lowest BCUT2D eigenvalue weighted by Crippen LogP contribution is -2.48. The summed E-state index contributed by atoms with van der Waals surface area (Å²) in [5.41, 5.74) is 0.151. The molecular weight excluding hydrogens is 248 g/mol. The Hall–Kier alpha value is -0.130. The first-order valence-corrected chi connectivity index (χ1v) is 8.41. The van der Waals surface area contributed by atoms with Crippen molar-refractivity contribution in [2.24, 2.45) is 5.41 Å². The first-order chi connectivity index (χ1) is 8.22. The maximum atomic E-state index is 12.1. The lowest BCUT2D eigenvalue weighted by atomic mass is 9.75. The summed E-state index contributed by atoms with van der Waals surface area (Å²) in [6.45, 7) is 9.97. The van der Waals surface area contributed by atoms with Crippen molar-refractivity contribution in [1.29, 1.82) is 0 Å². The van der Waals surface area contributed by atoms with Crippen LogP contribution in [0.15, 0.2) is 0 Å². The fraction of sp³-hybridized carbons (Fsp3) is 1.00. The summed E-state index contributed by atoms with van der Waals surface area (Å²) in [5, 5.41) is 3.35. The van der Waals surface area contributed by atoms with Crippen molar-refractivity contribution in [2.45, 2.75) is 58.1 Å². The smallest absolute Gasteiger partial charge is 0.216 e. The molecule has 0 unspecified atom stereocenters. The summed E-state index contributed by atoms with van der Waals surface area (Å²) in [4.78, 5) is 0. The summed E-state index contributed by atoms with van der Waals surface area (Å²) < 4.78 is 26.3. The van der Waals surface area contributed by atoms with Crippen molar-refractivity contribution in [1.82, 2.24) is 10.0 Å². The van der Waals surface area contributed by atoms with Crippen LogP contribution in [-0.2, 0) is 10.0 Å². The molecule has 5 heteroatoms. The van der Waals surface area contributed by atoms with Crippen molar-refractivity contribution in [3.05, 3.63) is 0 Å². The number of sulfonamides is 1. The molecule has 0 spiro atoms. The second-order valence-corrected chi connectivity index (χ2v) is 8.96. The van der Waals surface area contributed by atoms with Crippen molar-refractivity contribution in [3.8, 4) is 0 Å². The zero-order valence-electron chi connectivity index (χ0n) is 12.2. The van der Waals surface area contributed by atoms with Gasteiger partial charge in [-0.15, -0.1) is 0 Å². The van der Waals surface area contributed by atoms with Gasteiger partial charge in [-0.05, 0) is 58.5 Å². The van der Waals surface area contributed by atoms with Crippen LogP contribution in [0.3, 0.4) is 0 Å². The molecule has 108 valence electrons. The van der Waals surface area contributed by atoms with Gasteiger partial charge in [-0.25, -0.2) is 13.1 Å². The summed E-state index contributed by atoms with van der Waals surface area (Å²) in [7, 11) is -3.22. The Bertz CT molecular complexity index is 346. The highest BCUT2D eigenvalue weighted by atomic mass is 32.2. The van der Waals surface area contributed by atoms with Crippen molar-refractivity contribution < 1.29 is 8.42 Å². The van der Waals surface area contributed by atoms with E-state index < -0.39 is 14.8 Å². The normalized spacial score (nSPS) is 20.9. The van der Waals surface area contributed by atoms with Gasteiger partial charge < -0.3 is 5.32 Å². The third-order valence-corrected chi connectivity index (χ3v) is 6.02. The van der Waals surface area contributed by atoms with E-state index in [-0.39, 0.29) is 5.41 Å². The van der Waals surface area contributed by atoms with Gasteiger partial charge in [-0.1, -0.05) is 13.3 Å². The van der Waals surface area contributed by atoms with Gasteiger partial charge in [-0.2, -0.15) is 0 Å². The quantitative estimate of drug-likeness (QED) is 0.806. The van der Waals surface area contributed by atoms with Gasteiger partial charge >= 0.3 is 0 Å². The minimum absolute atomic E-state index is 0.151. The summed E-state index contributed by atoms with van der Waals surface area (Å²) in [5.74, 6) is 0. The molecule has 1 saturated heterocycles. The molecule has 0 aromatic carbocycles. The lowest BCUT2D eigenvalue weighted by Gasteiger charge is -2.38. The minimum atomic E-state index is -3.22. The van der Waals surface area contributed by atoms with Crippen molar-refractivity contribution in [3.63, 3.8) is 0 Å². The molecule has 0 amide bonds. The molecule has 1 rings (SSSR count). The van der Waals surface area contributed by atoms with E-state index in [1.807, 2.05) is 0 Å². The van der Waals surface area contributed by atoms with Gasteiger partial charge in [0.05, 0.1) is 4.75 Å².